The summed E-state index contributed by atoms with van der Waals surface area (Å²) in [6.45, 7) is 7.14. The highest BCUT2D eigenvalue weighted by molar-refractivity contribution is 7.17. The van der Waals surface area contributed by atoms with Crippen molar-refractivity contribution in [1.29, 1.82) is 0 Å². The Morgan fingerprint density at radius 1 is 1.20 bits per heavy atom. The Morgan fingerprint density at radius 2 is 1.88 bits per heavy atom. The van der Waals surface area contributed by atoms with Crippen molar-refractivity contribution in [1.82, 2.24) is 9.80 Å². The normalized spacial score (nSPS) is 16.1. The van der Waals surface area contributed by atoms with Crippen molar-refractivity contribution >= 4 is 22.3 Å². The molecule has 5 nitrogen and oxygen atoms in total. The van der Waals surface area contributed by atoms with Crippen LogP contribution in [0.3, 0.4) is 0 Å². The van der Waals surface area contributed by atoms with Gasteiger partial charge in [0, 0.05) is 43.2 Å². The molecule has 6 heteroatoms. The Kier molecular flexibility index (Phi) is 5.73. The summed E-state index contributed by atoms with van der Waals surface area (Å²) in [6, 6.07) is 9.99. The van der Waals surface area contributed by atoms with Gasteiger partial charge in [-0.05, 0) is 19.5 Å². The van der Waals surface area contributed by atoms with Gasteiger partial charge in [-0.2, -0.15) is 0 Å². The lowest BCUT2D eigenvalue weighted by atomic mass is 10.0. The number of nitrogen functional groups attached to an aromatic ring is 1. The molecule has 0 spiro atoms. The maximum Gasteiger partial charge on any atom is 0.341 e. The molecule has 134 valence electrons. The first-order valence-corrected chi connectivity index (χ1v) is 9.46. The SMILES string of the molecule is CCOC(=O)c1c(N)sc(CN2CCN(C)CC2)c1-c1ccccc1. The quantitative estimate of drug-likeness (QED) is 0.832. The van der Waals surface area contributed by atoms with Crippen LogP contribution in [-0.2, 0) is 11.3 Å². The molecule has 25 heavy (non-hydrogen) atoms. The van der Waals surface area contributed by atoms with E-state index in [9.17, 15) is 4.79 Å². The molecule has 1 aliphatic heterocycles. The minimum absolute atomic E-state index is 0.334. The van der Waals surface area contributed by atoms with E-state index in [-0.39, 0.29) is 5.97 Å². The van der Waals surface area contributed by atoms with E-state index in [1.165, 1.54) is 11.3 Å². The van der Waals surface area contributed by atoms with Crippen molar-refractivity contribution in [2.45, 2.75) is 13.5 Å². The molecule has 0 radical (unpaired) electrons. The summed E-state index contributed by atoms with van der Waals surface area (Å²) >= 11 is 1.51. The molecule has 2 aromatic rings. The molecule has 0 saturated carbocycles. The van der Waals surface area contributed by atoms with Crippen molar-refractivity contribution in [3.05, 3.63) is 40.8 Å². The van der Waals surface area contributed by atoms with Crippen molar-refractivity contribution in [3.8, 4) is 11.1 Å². The predicted molar refractivity (Wildman–Crippen MR) is 103 cm³/mol. The number of anilines is 1. The number of ether oxygens (including phenoxy) is 1. The molecule has 0 amide bonds. The van der Waals surface area contributed by atoms with Gasteiger partial charge in [0.1, 0.15) is 10.6 Å². The van der Waals surface area contributed by atoms with E-state index < -0.39 is 0 Å². The average Bonchev–Trinajstić information content (AvgIpc) is 2.94. The van der Waals surface area contributed by atoms with Crippen LogP contribution in [0.25, 0.3) is 11.1 Å². The summed E-state index contributed by atoms with van der Waals surface area (Å²) in [5.41, 5.74) is 8.69. The van der Waals surface area contributed by atoms with E-state index >= 15 is 0 Å². The summed E-state index contributed by atoms with van der Waals surface area (Å²) in [4.78, 5) is 18.4. The fraction of sp³-hybridized carbons (Fsp3) is 0.421. The second-order valence-electron chi connectivity index (χ2n) is 6.31. The van der Waals surface area contributed by atoms with Crippen LogP contribution in [0.5, 0.6) is 0 Å². The van der Waals surface area contributed by atoms with Gasteiger partial charge in [0.2, 0.25) is 0 Å². The highest BCUT2D eigenvalue weighted by atomic mass is 32.1. The van der Waals surface area contributed by atoms with E-state index in [0.29, 0.717) is 17.2 Å². The number of thiophene rings is 1. The van der Waals surface area contributed by atoms with Crippen LogP contribution >= 0.6 is 11.3 Å². The van der Waals surface area contributed by atoms with Crippen molar-refractivity contribution < 1.29 is 9.53 Å². The Bertz CT molecular complexity index is 722. The monoisotopic (exact) mass is 359 g/mol. The van der Waals surface area contributed by atoms with Gasteiger partial charge in [0.05, 0.1) is 6.61 Å². The number of rotatable bonds is 5. The largest absolute Gasteiger partial charge is 0.462 e. The topological polar surface area (TPSA) is 58.8 Å². The maximum absolute atomic E-state index is 12.5. The van der Waals surface area contributed by atoms with Crippen LogP contribution in [0.1, 0.15) is 22.2 Å². The molecule has 0 aliphatic carbocycles. The third kappa shape index (κ3) is 4.03. The third-order valence-corrected chi connectivity index (χ3v) is 5.52. The standard InChI is InChI=1S/C19H25N3O2S/c1-3-24-19(23)17-16(14-7-5-4-6-8-14)15(25-18(17)20)13-22-11-9-21(2)10-12-22/h4-8H,3,9-13,20H2,1-2H3. The van der Waals surface area contributed by atoms with Gasteiger partial charge in [0.25, 0.3) is 0 Å². The van der Waals surface area contributed by atoms with Gasteiger partial charge in [-0.1, -0.05) is 30.3 Å². The lowest BCUT2D eigenvalue weighted by Gasteiger charge is -2.32. The number of hydrogen-bond donors (Lipinski definition) is 1. The lowest BCUT2D eigenvalue weighted by molar-refractivity contribution is 0.0529. The zero-order valence-electron chi connectivity index (χ0n) is 14.8. The molecule has 2 N–H and O–H groups in total. The van der Waals surface area contributed by atoms with Gasteiger partial charge >= 0.3 is 5.97 Å². The van der Waals surface area contributed by atoms with Gasteiger partial charge in [-0.15, -0.1) is 11.3 Å². The van der Waals surface area contributed by atoms with Crippen molar-refractivity contribution in [3.63, 3.8) is 0 Å². The number of piperazine rings is 1. The molecule has 0 bridgehead atoms. The number of hydrogen-bond acceptors (Lipinski definition) is 6. The molecule has 1 aromatic carbocycles. The fourth-order valence-corrected chi connectivity index (χ4v) is 4.26. The number of carbonyl (C=O) groups is 1. The number of carbonyl (C=O) groups excluding carboxylic acids is 1. The van der Waals surface area contributed by atoms with E-state index in [4.69, 9.17) is 10.5 Å². The highest BCUT2D eigenvalue weighted by Crippen LogP contribution is 2.40. The lowest BCUT2D eigenvalue weighted by Crippen LogP contribution is -2.43. The molecule has 2 heterocycles. The first kappa shape index (κ1) is 17.9. The smallest absolute Gasteiger partial charge is 0.341 e. The summed E-state index contributed by atoms with van der Waals surface area (Å²) in [5.74, 6) is -0.334. The van der Waals surface area contributed by atoms with Gasteiger partial charge in [-0.3, -0.25) is 4.90 Å². The zero-order valence-corrected chi connectivity index (χ0v) is 15.6. The number of nitrogens with two attached hydrogens (primary N) is 1. The first-order valence-electron chi connectivity index (χ1n) is 8.64. The van der Waals surface area contributed by atoms with Gasteiger partial charge < -0.3 is 15.4 Å². The van der Waals surface area contributed by atoms with E-state index in [0.717, 1.165) is 48.7 Å². The molecule has 0 atom stereocenters. The molecule has 1 aliphatic rings. The summed E-state index contributed by atoms with van der Waals surface area (Å²) in [5, 5.41) is 0.543. The van der Waals surface area contributed by atoms with E-state index in [2.05, 4.69) is 16.8 Å². The van der Waals surface area contributed by atoms with Crippen LogP contribution in [0.4, 0.5) is 5.00 Å². The predicted octanol–water partition coefficient (Wildman–Crippen LogP) is 2.92. The molecule has 1 saturated heterocycles. The van der Waals surface area contributed by atoms with E-state index in [1.807, 2.05) is 37.3 Å². The summed E-state index contributed by atoms with van der Waals surface area (Å²) in [6.07, 6.45) is 0. The van der Waals surface area contributed by atoms with Gasteiger partial charge in [0.15, 0.2) is 0 Å². The molecule has 0 unspecified atom stereocenters. The molecule has 1 fully saturated rings. The first-order chi connectivity index (χ1) is 12.1. The summed E-state index contributed by atoms with van der Waals surface area (Å²) < 4.78 is 5.26. The molecule has 1 aromatic heterocycles. The fourth-order valence-electron chi connectivity index (χ4n) is 3.13. The second kappa shape index (κ2) is 7.99. The molecular formula is C19H25N3O2S. The Balaban J connectivity index is 1.97. The average molecular weight is 359 g/mol. The Labute approximate surface area is 153 Å². The zero-order chi connectivity index (χ0) is 17.8. The minimum atomic E-state index is -0.334. The number of likely N-dealkylation sites (N-methyl/N-ethyl adjacent to an activating group) is 1. The van der Waals surface area contributed by atoms with Crippen LogP contribution in [0.2, 0.25) is 0 Å². The van der Waals surface area contributed by atoms with Crippen molar-refractivity contribution in [2.24, 2.45) is 0 Å². The third-order valence-electron chi connectivity index (χ3n) is 4.51. The van der Waals surface area contributed by atoms with Gasteiger partial charge in [-0.25, -0.2) is 4.79 Å². The van der Waals surface area contributed by atoms with Crippen LogP contribution in [-0.4, -0.2) is 55.6 Å². The van der Waals surface area contributed by atoms with Crippen LogP contribution in [0, 0.1) is 0 Å². The van der Waals surface area contributed by atoms with Crippen LogP contribution in [0.15, 0.2) is 30.3 Å². The Morgan fingerprint density at radius 3 is 2.52 bits per heavy atom. The Hall–Kier alpha value is -1.89. The molecular weight excluding hydrogens is 334 g/mol. The number of benzene rings is 1. The molecule has 3 rings (SSSR count). The van der Waals surface area contributed by atoms with Crippen LogP contribution < -0.4 is 5.73 Å². The van der Waals surface area contributed by atoms with Crippen molar-refractivity contribution in [2.75, 3.05) is 45.6 Å². The number of esters is 1. The minimum Gasteiger partial charge on any atom is -0.462 e. The van der Waals surface area contributed by atoms with E-state index in [1.54, 1.807) is 0 Å². The maximum atomic E-state index is 12.5. The highest BCUT2D eigenvalue weighted by Gasteiger charge is 2.26. The number of nitrogens with zero attached hydrogens (tertiary/aromatic N) is 2. The second-order valence-corrected chi connectivity index (χ2v) is 7.44. The summed E-state index contributed by atoms with van der Waals surface area (Å²) in [7, 11) is 2.15.